The highest BCUT2D eigenvalue weighted by atomic mass is 16.5. The average Bonchev–Trinajstić information content (AvgIpc) is 2.85. The van der Waals surface area contributed by atoms with E-state index in [-0.39, 0.29) is 18.8 Å². The Balaban J connectivity index is 1.69. The Labute approximate surface area is 134 Å². The zero-order valence-electron chi connectivity index (χ0n) is 12.5. The second kappa shape index (κ2) is 6.48. The first kappa shape index (κ1) is 15.0. The summed E-state index contributed by atoms with van der Waals surface area (Å²) >= 11 is 0. The first-order valence-electron chi connectivity index (χ1n) is 7.41. The van der Waals surface area contributed by atoms with Gasteiger partial charge in [-0.25, -0.2) is 0 Å². The van der Waals surface area contributed by atoms with Crippen LogP contribution in [0, 0.1) is 0 Å². The molecule has 4 heteroatoms. The van der Waals surface area contributed by atoms with Crippen LogP contribution in [0.25, 0.3) is 6.08 Å². The summed E-state index contributed by atoms with van der Waals surface area (Å²) in [7, 11) is 0. The number of ketones is 1. The van der Waals surface area contributed by atoms with E-state index in [1.165, 1.54) is 0 Å². The van der Waals surface area contributed by atoms with Crippen molar-refractivity contribution < 1.29 is 19.4 Å². The Hall–Kier alpha value is -2.88. The number of hydrogen-bond donors (Lipinski definition) is 1. The van der Waals surface area contributed by atoms with Gasteiger partial charge in [-0.2, -0.15) is 0 Å². The van der Waals surface area contributed by atoms with Crippen molar-refractivity contribution in [3.63, 3.8) is 0 Å². The van der Waals surface area contributed by atoms with Crippen molar-refractivity contribution in [3.05, 3.63) is 70.8 Å². The van der Waals surface area contributed by atoms with Crippen LogP contribution < -0.4 is 4.74 Å². The molecular formula is C19H16O4. The third-order valence-corrected chi connectivity index (χ3v) is 3.74. The van der Waals surface area contributed by atoms with E-state index in [1.54, 1.807) is 12.1 Å². The largest absolute Gasteiger partial charge is 0.493 e. The Kier molecular flexibility index (Phi) is 4.24. The fraction of sp³-hybridized carbons (Fsp3) is 0.158. The van der Waals surface area contributed by atoms with Gasteiger partial charge in [-0.3, -0.25) is 9.59 Å². The van der Waals surface area contributed by atoms with Crippen LogP contribution in [-0.4, -0.2) is 23.5 Å². The summed E-state index contributed by atoms with van der Waals surface area (Å²) in [5, 5.41) is 8.57. The number of rotatable bonds is 5. The molecule has 0 saturated heterocycles. The van der Waals surface area contributed by atoms with E-state index in [0.717, 1.165) is 22.3 Å². The summed E-state index contributed by atoms with van der Waals surface area (Å²) in [5.41, 5.74) is 3.56. The van der Waals surface area contributed by atoms with Gasteiger partial charge in [-0.05, 0) is 29.3 Å². The van der Waals surface area contributed by atoms with Crippen molar-refractivity contribution in [1.82, 2.24) is 0 Å². The van der Waals surface area contributed by atoms with E-state index in [9.17, 15) is 9.59 Å². The minimum atomic E-state index is -0.884. The zero-order valence-corrected chi connectivity index (χ0v) is 12.5. The molecule has 0 amide bonds. The molecule has 1 aliphatic rings. The van der Waals surface area contributed by atoms with E-state index in [0.29, 0.717) is 12.2 Å². The number of carbonyl (C=O) groups excluding carboxylic acids is 1. The standard InChI is InChI=1S/C19H16O4/c20-18(21)9-10-23-16-7-5-13(6-8-16)11-15-12-14-3-1-2-4-17(14)19(15)22/h1-8,11H,9-10,12H2,(H,20,21)/b15-11+. The van der Waals surface area contributed by atoms with Crippen LogP contribution >= 0.6 is 0 Å². The number of hydrogen-bond acceptors (Lipinski definition) is 3. The molecule has 0 spiro atoms. The SMILES string of the molecule is O=C(O)CCOc1ccc(/C=C2\Cc3ccccc3C2=O)cc1. The fourth-order valence-corrected chi connectivity index (χ4v) is 2.59. The Morgan fingerprint density at radius 2 is 1.87 bits per heavy atom. The second-order valence-electron chi connectivity index (χ2n) is 5.39. The summed E-state index contributed by atoms with van der Waals surface area (Å²) in [5.74, 6) is -0.178. The molecule has 0 bridgehead atoms. The van der Waals surface area contributed by atoms with Gasteiger partial charge >= 0.3 is 5.97 Å². The van der Waals surface area contributed by atoms with Crippen molar-refractivity contribution >= 4 is 17.8 Å². The molecule has 4 nitrogen and oxygen atoms in total. The van der Waals surface area contributed by atoms with Crippen LogP contribution in [-0.2, 0) is 11.2 Å². The quantitative estimate of drug-likeness (QED) is 0.860. The van der Waals surface area contributed by atoms with Gasteiger partial charge in [0.25, 0.3) is 0 Å². The third kappa shape index (κ3) is 3.48. The smallest absolute Gasteiger partial charge is 0.306 e. The number of carboxylic acid groups (broad SMARTS) is 1. The van der Waals surface area contributed by atoms with Crippen molar-refractivity contribution in [2.24, 2.45) is 0 Å². The lowest BCUT2D eigenvalue weighted by Gasteiger charge is -2.04. The Morgan fingerprint density at radius 3 is 2.57 bits per heavy atom. The van der Waals surface area contributed by atoms with E-state index < -0.39 is 5.97 Å². The first-order valence-corrected chi connectivity index (χ1v) is 7.41. The Bertz CT molecular complexity index is 772. The molecule has 2 aromatic carbocycles. The molecule has 1 aliphatic carbocycles. The van der Waals surface area contributed by atoms with Gasteiger partial charge in [-0.1, -0.05) is 36.4 Å². The summed E-state index contributed by atoms with van der Waals surface area (Å²) in [6.07, 6.45) is 2.52. The van der Waals surface area contributed by atoms with Crippen LogP contribution in [0.4, 0.5) is 0 Å². The van der Waals surface area contributed by atoms with Gasteiger partial charge in [0.15, 0.2) is 5.78 Å². The van der Waals surface area contributed by atoms with Gasteiger partial charge in [0.1, 0.15) is 5.75 Å². The lowest BCUT2D eigenvalue weighted by atomic mass is 10.1. The molecule has 0 aliphatic heterocycles. The van der Waals surface area contributed by atoms with E-state index in [4.69, 9.17) is 9.84 Å². The molecule has 23 heavy (non-hydrogen) atoms. The molecule has 0 aromatic heterocycles. The van der Waals surface area contributed by atoms with Crippen molar-refractivity contribution in [1.29, 1.82) is 0 Å². The molecule has 3 rings (SSSR count). The summed E-state index contributed by atoms with van der Waals surface area (Å²) in [6.45, 7) is 0.142. The molecular weight excluding hydrogens is 292 g/mol. The molecule has 0 saturated carbocycles. The highest BCUT2D eigenvalue weighted by Crippen LogP contribution is 2.27. The average molecular weight is 308 g/mol. The van der Waals surface area contributed by atoms with Crippen LogP contribution in [0.1, 0.15) is 27.9 Å². The van der Waals surface area contributed by atoms with Gasteiger partial charge < -0.3 is 9.84 Å². The summed E-state index contributed by atoms with van der Waals surface area (Å²) in [4.78, 5) is 22.8. The maximum Gasteiger partial charge on any atom is 0.306 e. The first-order chi connectivity index (χ1) is 11.1. The van der Waals surface area contributed by atoms with Crippen molar-refractivity contribution in [2.45, 2.75) is 12.8 Å². The second-order valence-corrected chi connectivity index (χ2v) is 5.39. The van der Waals surface area contributed by atoms with Gasteiger partial charge in [0.2, 0.25) is 0 Å². The number of allylic oxidation sites excluding steroid dienone is 1. The van der Waals surface area contributed by atoms with Crippen molar-refractivity contribution in [3.8, 4) is 5.75 Å². The predicted molar refractivity (Wildman–Crippen MR) is 86.6 cm³/mol. The number of aliphatic carboxylic acids is 1. The number of Topliss-reactive ketones (excluding diaryl/α,β-unsaturated/α-hetero) is 1. The molecule has 2 aromatic rings. The molecule has 0 heterocycles. The van der Waals surface area contributed by atoms with Gasteiger partial charge in [0, 0.05) is 17.6 Å². The normalized spacial score (nSPS) is 14.8. The van der Waals surface area contributed by atoms with E-state index >= 15 is 0 Å². The molecule has 0 fully saturated rings. The maximum atomic E-state index is 12.3. The Morgan fingerprint density at radius 1 is 1.13 bits per heavy atom. The lowest BCUT2D eigenvalue weighted by molar-refractivity contribution is -0.137. The predicted octanol–water partition coefficient (Wildman–Crippen LogP) is 3.36. The minimum absolute atomic E-state index is 0.0292. The van der Waals surface area contributed by atoms with Crippen molar-refractivity contribution in [2.75, 3.05) is 6.61 Å². The maximum absolute atomic E-state index is 12.3. The van der Waals surface area contributed by atoms with E-state index in [2.05, 4.69) is 0 Å². The fourth-order valence-electron chi connectivity index (χ4n) is 2.59. The number of carboxylic acids is 1. The number of carbonyl (C=O) groups is 2. The van der Waals surface area contributed by atoms with Gasteiger partial charge in [-0.15, -0.1) is 0 Å². The number of ether oxygens (including phenoxy) is 1. The molecule has 0 unspecified atom stereocenters. The monoisotopic (exact) mass is 308 g/mol. The van der Waals surface area contributed by atoms with Crippen LogP contribution in [0.2, 0.25) is 0 Å². The summed E-state index contributed by atoms with van der Waals surface area (Å²) < 4.78 is 5.35. The molecule has 0 radical (unpaired) electrons. The minimum Gasteiger partial charge on any atom is -0.493 e. The molecule has 0 atom stereocenters. The highest BCUT2D eigenvalue weighted by Gasteiger charge is 2.23. The molecule has 1 N–H and O–H groups in total. The highest BCUT2D eigenvalue weighted by molar-refractivity contribution is 6.15. The lowest BCUT2D eigenvalue weighted by Crippen LogP contribution is -2.04. The van der Waals surface area contributed by atoms with Crippen LogP contribution in [0.15, 0.2) is 54.1 Å². The topological polar surface area (TPSA) is 63.6 Å². The molecule has 116 valence electrons. The van der Waals surface area contributed by atoms with Crippen LogP contribution in [0.5, 0.6) is 5.75 Å². The van der Waals surface area contributed by atoms with Gasteiger partial charge in [0.05, 0.1) is 13.0 Å². The summed E-state index contributed by atoms with van der Waals surface area (Å²) in [6, 6.07) is 14.9. The zero-order chi connectivity index (χ0) is 16.2. The van der Waals surface area contributed by atoms with Crippen LogP contribution in [0.3, 0.4) is 0 Å². The number of fused-ring (bicyclic) bond motifs is 1. The van der Waals surface area contributed by atoms with E-state index in [1.807, 2.05) is 42.5 Å². The number of benzene rings is 2. The third-order valence-electron chi connectivity index (χ3n) is 3.74.